The molecule has 0 unspecified atom stereocenters. The Balaban J connectivity index is 1.54. The van der Waals surface area contributed by atoms with E-state index in [9.17, 15) is 13.2 Å². The molecule has 180 valence electrons. The summed E-state index contributed by atoms with van der Waals surface area (Å²) >= 11 is 0. The van der Waals surface area contributed by atoms with Gasteiger partial charge in [-0.25, -0.2) is 22.7 Å². The summed E-state index contributed by atoms with van der Waals surface area (Å²) in [4.78, 5) is 10.5. The highest BCUT2D eigenvalue weighted by Crippen LogP contribution is 2.34. The first-order valence-electron chi connectivity index (χ1n) is 11.1. The molecule has 1 aliphatic rings. The average Bonchev–Trinajstić information content (AvgIpc) is 3.35. The van der Waals surface area contributed by atoms with Gasteiger partial charge in [0.15, 0.2) is 0 Å². The molecule has 5 rings (SSSR count). The molecule has 1 aliphatic heterocycles. The first kappa shape index (κ1) is 22.5. The Kier molecular flexibility index (Phi) is 5.59. The number of hydrogen-bond acceptors (Lipinski definition) is 6. The lowest BCUT2D eigenvalue weighted by Gasteiger charge is -2.36. The van der Waals surface area contributed by atoms with Crippen molar-refractivity contribution in [2.45, 2.75) is 31.9 Å². The van der Waals surface area contributed by atoms with Crippen LogP contribution >= 0.6 is 0 Å². The number of benzene rings is 1. The van der Waals surface area contributed by atoms with E-state index in [4.69, 9.17) is 4.74 Å². The number of nitrogens with one attached hydrogen (secondary N) is 1. The third-order valence-electron chi connectivity index (χ3n) is 6.32. The van der Waals surface area contributed by atoms with Crippen molar-refractivity contribution in [1.29, 1.82) is 0 Å². The van der Waals surface area contributed by atoms with Crippen LogP contribution < -0.4 is 10.1 Å². The van der Waals surface area contributed by atoms with Crippen LogP contribution in [0.15, 0.2) is 30.5 Å². The number of aryl methyl sites for hydroxylation is 2. The molecule has 1 saturated heterocycles. The molecule has 1 atom stereocenters. The largest absolute Gasteiger partial charge is 0.479 e. The van der Waals surface area contributed by atoms with E-state index < -0.39 is 18.6 Å². The smallest absolute Gasteiger partial charge is 0.280 e. The molecule has 1 N–H and O–H groups in total. The number of methoxy groups -OCH3 is 1. The standard InChI is InChI=1S/C23H26F3N7O/c1-14-27-17-5-4-15(12-18(17)32(14)11-8-24)16-6-10-33-20(16)21(34-3)29-22(30-33)28-19-7-9-31(2)13-23(19,25)26/h4-6,10,12,19H,7-9,11,13H2,1-3H3,(H,28,30)/t19-/m1/s1. The summed E-state index contributed by atoms with van der Waals surface area (Å²) in [6.45, 7) is 1.83. The number of imidazole rings is 1. The Hall–Kier alpha value is -3.34. The number of nitrogens with zero attached hydrogens (tertiary/aromatic N) is 6. The van der Waals surface area contributed by atoms with Crippen LogP contribution in [0.3, 0.4) is 0 Å². The second-order valence-electron chi connectivity index (χ2n) is 8.65. The molecular formula is C23H26F3N7O. The molecule has 4 aromatic rings. The Morgan fingerprint density at radius 3 is 2.79 bits per heavy atom. The number of halogens is 3. The van der Waals surface area contributed by atoms with Gasteiger partial charge in [0.05, 0.1) is 37.3 Å². The fourth-order valence-electron chi connectivity index (χ4n) is 4.65. The lowest BCUT2D eigenvalue weighted by molar-refractivity contribution is -0.0675. The van der Waals surface area contributed by atoms with Gasteiger partial charge >= 0.3 is 0 Å². The number of hydrogen-bond donors (Lipinski definition) is 1. The van der Waals surface area contributed by atoms with E-state index in [1.165, 1.54) is 7.11 Å². The van der Waals surface area contributed by atoms with Crippen molar-refractivity contribution in [2.24, 2.45) is 0 Å². The molecule has 0 saturated carbocycles. The molecule has 0 amide bonds. The van der Waals surface area contributed by atoms with Crippen LogP contribution in [0.1, 0.15) is 12.2 Å². The van der Waals surface area contributed by atoms with Gasteiger partial charge in [-0.2, -0.15) is 4.98 Å². The highest BCUT2D eigenvalue weighted by Gasteiger charge is 2.44. The van der Waals surface area contributed by atoms with Gasteiger partial charge < -0.3 is 19.5 Å². The van der Waals surface area contributed by atoms with Crippen LogP contribution in [0.5, 0.6) is 5.88 Å². The molecule has 0 bridgehead atoms. The van der Waals surface area contributed by atoms with Gasteiger partial charge in [0.25, 0.3) is 5.92 Å². The fourth-order valence-corrected chi connectivity index (χ4v) is 4.65. The molecule has 0 aliphatic carbocycles. The Morgan fingerprint density at radius 1 is 1.24 bits per heavy atom. The zero-order chi connectivity index (χ0) is 24.0. The van der Waals surface area contributed by atoms with Crippen molar-refractivity contribution in [2.75, 3.05) is 39.2 Å². The minimum absolute atomic E-state index is 0.0767. The summed E-state index contributed by atoms with van der Waals surface area (Å²) in [7, 11) is 3.16. The van der Waals surface area contributed by atoms with Gasteiger partial charge in [-0.15, -0.1) is 5.10 Å². The van der Waals surface area contributed by atoms with E-state index in [1.54, 1.807) is 22.7 Å². The minimum atomic E-state index is -2.91. The molecule has 34 heavy (non-hydrogen) atoms. The van der Waals surface area contributed by atoms with Gasteiger partial charge in [0.2, 0.25) is 11.8 Å². The minimum Gasteiger partial charge on any atom is -0.479 e. The number of ether oxygens (including phenoxy) is 1. The predicted molar refractivity (Wildman–Crippen MR) is 123 cm³/mol. The van der Waals surface area contributed by atoms with Gasteiger partial charge in [-0.05, 0) is 44.2 Å². The number of likely N-dealkylation sites (tertiary alicyclic amines) is 1. The van der Waals surface area contributed by atoms with Gasteiger partial charge in [-0.1, -0.05) is 6.07 Å². The fraction of sp³-hybridized carbons (Fsp3) is 0.435. The summed E-state index contributed by atoms with van der Waals surface area (Å²) in [6.07, 6.45) is 2.01. The lowest BCUT2D eigenvalue weighted by atomic mass is 10.0. The summed E-state index contributed by atoms with van der Waals surface area (Å²) in [5.41, 5.74) is 3.89. The monoisotopic (exact) mass is 473 g/mol. The van der Waals surface area contributed by atoms with Crippen LogP contribution in [0.25, 0.3) is 27.7 Å². The van der Waals surface area contributed by atoms with E-state index in [1.807, 2.05) is 35.8 Å². The van der Waals surface area contributed by atoms with Crippen LogP contribution in [0.4, 0.5) is 19.1 Å². The summed E-state index contributed by atoms with van der Waals surface area (Å²) in [6, 6.07) is 6.56. The van der Waals surface area contributed by atoms with Crippen molar-refractivity contribution >= 4 is 22.5 Å². The lowest BCUT2D eigenvalue weighted by Crippen LogP contribution is -2.53. The Labute approximate surface area is 194 Å². The molecule has 0 spiro atoms. The maximum atomic E-state index is 14.5. The van der Waals surface area contributed by atoms with E-state index in [2.05, 4.69) is 20.4 Å². The van der Waals surface area contributed by atoms with Crippen molar-refractivity contribution < 1.29 is 17.9 Å². The zero-order valence-electron chi connectivity index (χ0n) is 19.2. The molecule has 1 aromatic carbocycles. The average molecular weight is 474 g/mol. The molecule has 3 aromatic heterocycles. The molecule has 1 fully saturated rings. The van der Waals surface area contributed by atoms with Crippen LogP contribution in [-0.2, 0) is 6.54 Å². The maximum absolute atomic E-state index is 14.5. The van der Waals surface area contributed by atoms with Crippen molar-refractivity contribution in [3.8, 4) is 17.0 Å². The van der Waals surface area contributed by atoms with Gasteiger partial charge in [-0.3, -0.25) is 0 Å². The molecule has 11 heteroatoms. The Bertz CT molecular complexity index is 1350. The number of fused-ring (bicyclic) bond motifs is 2. The number of alkyl halides is 3. The number of rotatable bonds is 6. The van der Waals surface area contributed by atoms with Crippen molar-refractivity contribution in [3.05, 3.63) is 36.3 Å². The van der Waals surface area contributed by atoms with Crippen molar-refractivity contribution in [3.63, 3.8) is 0 Å². The van der Waals surface area contributed by atoms with Crippen LogP contribution in [-0.4, -0.2) is 74.9 Å². The first-order valence-corrected chi connectivity index (χ1v) is 11.1. The van der Waals surface area contributed by atoms with E-state index in [-0.39, 0.29) is 31.3 Å². The maximum Gasteiger partial charge on any atom is 0.280 e. The summed E-state index contributed by atoms with van der Waals surface area (Å²) in [5.74, 6) is -1.82. The second kappa shape index (κ2) is 8.46. The SMILES string of the molecule is COc1nc(N[C@@H]2CCN(C)CC2(F)F)nn2ccc(-c3ccc4nc(C)n(CCF)c4c3)c12. The quantitative estimate of drug-likeness (QED) is 0.460. The first-order chi connectivity index (χ1) is 16.3. The van der Waals surface area contributed by atoms with Gasteiger partial charge in [0.1, 0.15) is 18.0 Å². The highest BCUT2D eigenvalue weighted by molar-refractivity contribution is 5.89. The summed E-state index contributed by atoms with van der Waals surface area (Å²) < 4.78 is 51.1. The number of aromatic nitrogens is 5. The normalized spacial score (nSPS) is 18.6. The van der Waals surface area contributed by atoms with Crippen LogP contribution in [0, 0.1) is 6.92 Å². The van der Waals surface area contributed by atoms with E-state index >= 15 is 0 Å². The molecule has 0 radical (unpaired) electrons. The van der Waals surface area contributed by atoms with Crippen molar-refractivity contribution in [1.82, 2.24) is 29.0 Å². The van der Waals surface area contributed by atoms with Gasteiger partial charge in [0, 0.05) is 18.3 Å². The topological polar surface area (TPSA) is 72.5 Å². The van der Waals surface area contributed by atoms with E-state index in [0.29, 0.717) is 12.1 Å². The second-order valence-corrected chi connectivity index (χ2v) is 8.65. The molecular weight excluding hydrogens is 447 g/mol. The highest BCUT2D eigenvalue weighted by atomic mass is 19.3. The number of piperidine rings is 1. The molecule has 8 nitrogen and oxygen atoms in total. The Morgan fingerprint density at radius 2 is 2.06 bits per heavy atom. The summed E-state index contributed by atoms with van der Waals surface area (Å²) in [5, 5.41) is 7.23. The molecule has 4 heterocycles. The third kappa shape index (κ3) is 3.83. The predicted octanol–water partition coefficient (Wildman–Crippen LogP) is 3.78. The third-order valence-corrected chi connectivity index (χ3v) is 6.32. The van der Waals surface area contributed by atoms with E-state index in [0.717, 1.165) is 28.0 Å². The zero-order valence-corrected chi connectivity index (χ0v) is 19.2. The van der Waals surface area contributed by atoms with Crippen LogP contribution in [0.2, 0.25) is 0 Å². The number of anilines is 1.